The van der Waals surface area contributed by atoms with Crippen molar-refractivity contribution in [1.82, 2.24) is 0 Å². The fourth-order valence-corrected chi connectivity index (χ4v) is 8.40. The zero-order valence-electron chi connectivity index (χ0n) is 14.2. The van der Waals surface area contributed by atoms with Crippen LogP contribution in [0.1, 0.15) is 33.4 Å². The van der Waals surface area contributed by atoms with Crippen LogP contribution < -0.4 is 8.79 Å². The van der Waals surface area contributed by atoms with Gasteiger partial charge in [-0.2, -0.15) is 0 Å². The molecule has 2 aromatic carbocycles. The van der Waals surface area contributed by atoms with Crippen LogP contribution in [-0.4, -0.2) is 21.8 Å². The summed E-state index contributed by atoms with van der Waals surface area (Å²) in [6, 6.07) is 9.14. The fraction of sp³-hybridized carbons (Fsp3) is 0.368. The van der Waals surface area contributed by atoms with Crippen molar-refractivity contribution >= 4 is 23.5 Å². The zero-order chi connectivity index (χ0) is 15.7. The molecule has 111 valence electrons. The SMILES string of the molecule is C[O][Ge]([c]1c(C)cc(C)cc1C)[c]1c(C)cc(C)cc1C. The van der Waals surface area contributed by atoms with Crippen LogP contribution >= 0.6 is 0 Å². The van der Waals surface area contributed by atoms with E-state index >= 15 is 0 Å². The minimum atomic E-state index is -1.96. The molecule has 0 spiro atoms. The average Bonchev–Trinajstić information content (AvgIpc) is 2.34. The van der Waals surface area contributed by atoms with Crippen LogP contribution in [0.4, 0.5) is 0 Å². The van der Waals surface area contributed by atoms with Crippen LogP contribution in [-0.2, 0) is 3.76 Å². The monoisotopic (exact) mass is 343 g/mol. The van der Waals surface area contributed by atoms with E-state index in [4.69, 9.17) is 3.76 Å². The summed E-state index contributed by atoms with van der Waals surface area (Å²) in [5.41, 5.74) is 8.18. The van der Waals surface area contributed by atoms with Gasteiger partial charge in [-0.25, -0.2) is 0 Å². The van der Waals surface area contributed by atoms with Crippen LogP contribution in [0, 0.1) is 41.5 Å². The molecule has 2 heteroatoms. The van der Waals surface area contributed by atoms with E-state index in [2.05, 4.69) is 65.8 Å². The Morgan fingerprint density at radius 2 is 0.905 bits per heavy atom. The molecule has 0 aliphatic carbocycles. The molecule has 0 bridgehead atoms. The first-order valence-electron chi connectivity index (χ1n) is 7.42. The van der Waals surface area contributed by atoms with Gasteiger partial charge >= 0.3 is 134 Å². The summed E-state index contributed by atoms with van der Waals surface area (Å²) in [6.07, 6.45) is 0. The van der Waals surface area contributed by atoms with E-state index < -0.39 is 14.7 Å². The summed E-state index contributed by atoms with van der Waals surface area (Å²) in [4.78, 5) is 0. The summed E-state index contributed by atoms with van der Waals surface area (Å²) in [6.45, 7) is 13.2. The van der Waals surface area contributed by atoms with Gasteiger partial charge in [0.25, 0.3) is 0 Å². The molecule has 0 N–H and O–H groups in total. The first-order chi connectivity index (χ1) is 9.85. The molecule has 0 aromatic heterocycles. The minimum absolute atomic E-state index is 1.33. The van der Waals surface area contributed by atoms with E-state index in [-0.39, 0.29) is 0 Å². The first-order valence-corrected chi connectivity index (χ1v) is 10.4. The molecule has 0 aliphatic rings. The summed E-state index contributed by atoms with van der Waals surface area (Å²) in [7, 11) is 1.88. The van der Waals surface area contributed by atoms with Crippen molar-refractivity contribution in [3.05, 3.63) is 57.6 Å². The molecular weight excluding hydrogens is 317 g/mol. The molecule has 2 rings (SSSR count). The van der Waals surface area contributed by atoms with E-state index in [0.717, 1.165) is 0 Å². The Labute approximate surface area is 133 Å². The predicted molar refractivity (Wildman–Crippen MR) is 93.3 cm³/mol. The van der Waals surface area contributed by atoms with Gasteiger partial charge in [0.2, 0.25) is 0 Å². The summed E-state index contributed by atoms with van der Waals surface area (Å²) < 4.78 is 9.03. The molecule has 0 saturated heterocycles. The number of hydrogen-bond acceptors (Lipinski definition) is 1. The van der Waals surface area contributed by atoms with Crippen LogP contribution in [0.5, 0.6) is 0 Å². The van der Waals surface area contributed by atoms with Crippen LogP contribution in [0.15, 0.2) is 24.3 Å². The van der Waals surface area contributed by atoms with E-state index in [1.807, 2.05) is 7.11 Å². The first kappa shape index (κ1) is 16.3. The third kappa shape index (κ3) is 3.24. The quantitative estimate of drug-likeness (QED) is 0.778. The van der Waals surface area contributed by atoms with Crippen molar-refractivity contribution in [1.29, 1.82) is 0 Å². The fourth-order valence-electron chi connectivity index (χ4n) is 3.41. The van der Waals surface area contributed by atoms with Crippen molar-refractivity contribution in [3.8, 4) is 0 Å². The van der Waals surface area contributed by atoms with Crippen molar-refractivity contribution in [2.24, 2.45) is 0 Å². The van der Waals surface area contributed by atoms with E-state index in [1.165, 1.54) is 42.2 Å². The van der Waals surface area contributed by atoms with Crippen molar-refractivity contribution in [3.63, 3.8) is 0 Å². The molecule has 0 saturated carbocycles. The summed E-state index contributed by atoms with van der Waals surface area (Å²) in [5, 5.41) is 0. The standard InChI is InChI=1S/C19H25GeO/c1-12-8-14(3)18(15(4)9-12)20(21-7)19-16(5)10-13(2)11-17(19)6/h8-11H,1-7H3. The van der Waals surface area contributed by atoms with Gasteiger partial charge in [-0.1, -0.05) is 0 Å². The van der Waals surface area contributed by atoms with E-state index in [1.54, 1.807) is 0 Å². The Morgan fingerprint density at radius 3 is 1.14 bits per heavy atom. The van der Waals surface area contributed by atoms with Crippen LogP contribution in [0.3, 0.4) is 0 Å². The van der Waals surface area contributed by atoms with Gasteiger partial charge in [-0.15, -0.1) is 0 Å². The predicted octanol–water partition coefficient (Wildman–Crippen LogP) is 3.29. The molecule has 0 unspecified atom stereocenters. The zero-order valence-corrected chi connectivity index (χ0v) is 16.3. The molecular formula is C19H25GeO. The Morgan fingerprint density at radius 1 is 0.619 bits per heavy atom. The van der Waals surface area contributed by atoms with Crippen LogP contribution in [0.2, 0.25) is 0 Å². The maximum absolute atomic E-state index is 6.09. The molecule has 0 amide bonds. The molecule has 1 nitrogen and oxygen atoms in total. The summed E-state index contributed by atoms with van der Waals surface area (Å²) in [5.74, 6) is 0. The normalized spacial score (nSPS) is 11.2. The van der Waals surface area contributed by atoms with E-state index in [9.17, 15) is 0 Å². The molecule has 1 radical (unpaired) electrons. The molecule has 21 heavy (non-hydrogen) atoms. The van der Waals surface area contributed by atoms with Gasteiger partial charge in [0.15, 0.2) is 0 Å². The van der Waals surface area contributed by atoms with Gasteiger partial charge in [-0.05, 0) is 0 Å². The van der Waals surface area contributed by atoms with Gasteiger partial charge in [0.05, 0.1) is 0 Å². The Hall–Kier alpha value is -1.06. The Balaban J connectivity index is 2.66. The second-order valence-corrected chi connectivity index (χ2v) is 10.4. The Kier molecular flexibility index (Phi) is 4.95. The van der Waals surface area contributed by atoms with Crippen molar-refractivity contribution in [2.75, 3.05) is 7.11 Å². The van der Waals surface area contributed by atoms with Crippen molar-refractivity contribution in [2.45, 2.75) is 41.5 Å². The third-order valence-corrected chi connectivity index (χ3v) is 10.1. The topological polar surface area (TPSA) is 9.23 Å². The van der Waals surface area contributed by atoms with Gasteiger partial charge in [0.1, 0.15) is 0 Å². The molecule has 2 aromatic rings. The maximum atomic E-state index is 6.09. The number of rotatable bonds is 3. The van der Waals surface area contributed by atoms with Gasteiger partial charge in [0, 0.05) is 0 Å². The number of aryl methyl sites for hydroxylation is 6. The molecule has 0 atom stereocenters. The molecule has 0 fully saturated rings. The van der Waals surface area contributed by atoms with Gasteiger partial charge < -0.3 is 0 Å². The van der Waals surface area contributed by atoms with Gasteiger partial charge in [-0.3, -0.25) is 0 Å². The van der Waals surface area contributed by atoms with E-state index in [0.29, 0.717) is 0 Å². The molecule has 0 heterocycles. The Bertz CT molecular complexity index is 570. The third-order valence-electron chi connectivity index (χ3n) is 4.01. The summed E-state index contributed by atoms with van der Waals surface area (Å²) >= 11 is -1.96. The average molecular weight is 342 g/mol. The molecule has 0 aliphatic heterocycles. The van der Waals surface area contributed by atoms with Crippen LogP contribution in [0.25, 0.3) is 0 Å². The number of benzene rings is 2. The number of hydrogen-bond donors (Lipinski definition) is 0. The second-order valence-electron chi connectivity index (χ2n) is 6.08. The van der Waals surface area contributed by atoms with Crippen molar-refractivity contribution < 1.29 is 3.76 Å². The second kappa shape index (κ2) is 6.37.